The first-order valence-electron chi connectivity index (χ1n) is 4.66. The molecule has 13 heavy (non-hydrogen) atoms. The molecule has 1 fully saturated rings. The van der Waals surface area contributed by atoms with Gasteiger partial charge in [-0.05, 0) is 25.2 Å². The van der Waals surface area contributed by atoms with Crippen LogP contribution in [0.3, 0.4) is 0 Å². The lowest BCUT2D eigenvalue weighted by molar-refractivity contribution is 0.576. The van der Waals surface area contributed by atoms with Crippen LogP contribution in [0.4, 0.5) is 0 Å². The Labute approximate surface area is 88.5 Å². The van der Waals surface area contributed by atoms with Gasteiger partial charge in [-0.15, -0.1) is 0 Å². The summed E-state index contributed by atoms with van der Waals surface area (Å²) in [5.74, 6) is 0.918. The van der Waals surface area contributed by atoms with Crippen molar-refractivity contribution in [2.45, 2.75) is 31.0 Å². The van der Waals surface area contributed by atoms with Gasteiger partial charge in [0.25, 0.3) is 0 Å². The molecule has 0 bridgehead atoms. The average molecular weight is 270 g/mol. The summed E-state index contributed by atoms with van der Waals surface area (Å²) in [6, 6.07) is 0. The van der Waals surface area contributed by atoms with Crippen LogP contribution in [-0.2, 0) is 10.0 Å². The van der Waals surface area contributed by atoms with Gasteiger partial charge in [0.15, 0.2) is 0 Å². The minimum Gasteiger partial charge on any atom is -0.214 e. The van der Waals surface area contributed by atoms with Crippen molar-refractivity contribution in [3.8, 4) is 0 Å². The highest BCUT2D eigenvalue weighted by Gasteiger charge is 2.29. The van der Waals surface area contributed by atoms with Gasteiger partial charge >= 0.3 is 0 Å². The van der Waals surface area contributed by atoms with Crippen LogP contribution in [-0.4, -0.2) is 25.5 Å². The molecule has 0 aromatic rings. The predicted molar refractivity (Wildman–Crippen MR) is 57.5 cm³/mol. The molecule has 0 radical (unpaired) electrons. The molecule has 3 nitrogen and oxygen atoms in total. The molecule has 1 saturated carbocycles. The molecule has 1 unspecified atom stereocenters. The average Bonchev–Trinajstić information content (AvgIpc) is 2.82. The van der Waals surface area contributed by atoms with Crippen LogP contribution in [0.5, 0.6) is 0 Å². The van der Waals surface area contributed by atoms with E-state index in [9.17, 15) is 8.42 Å². The number of nitrogens with one attached hydrogen (secondary N) is 1. The van der Waals surface area contributed by atoms with Crippen LogP contribution in [0.15, 0.2) is 0 Å². The van der Waals surface area contributed by atoms with Gasteiger partial charge in [0.05, 0.1) is 5.75 Å². The van der Waals surface area contributed by atoms with Gasteiger partial charge in [0.1, 0.15) is 0 Å². The van der Waals surface area contributed by atoms with E-state index >= 15 is 0 Å². The maximum Gasteiger partial charge on any atom is 0.211 e. The highest BCUT2D eigenvalue weighted by atomic mass is 79.9. The summed E-state index contributed by atoms with van der Waals surface area (Å²) in [6.07, 6.45) is 3.13. The van der Waals surface area contributed by atoms with Crippen LogP contribution in [0.1, 0.15) is 26.2 Å². The van der Waals surface area contributed by atoms with Crippen LogP contribution in [0.2, 0.25) is 0 Å². The van der Waals surface area contributed by atoms with E-state index in [-0.39, 0.29) is 5.75 Å². The molecular formula is C8H16BrNO2S. The van der Waals surface area contributed by atoms with Crippen LogP contribution in [0, 0.1) is 5.92 Å². The van der Waals surface area contributed by atoms with Crippen molar-refractivity contribution in [3.05, 3.63) is 0 Å². The zero-order valence-corrected chi connectivity index (χ0v) is 10.2. The number of halogens is 1. The van der Waals surface area contributed by atoms with E-state index in [1.807, 2.05) is 6.92 Å². The SMILES string of the molecule is CCCS(=O)(=O)NCC(Br)C1CC1. The van der Waals surface area contributed by atoms with E-state index < -0.39 is 10.0 Å². The molecule has 1 aliphatic carbocycles. The Bertz CT molecular complexity index is 249. The van der Waals surface area contributed by atoms with Crippen LogP contribution >= 0.6 is 15.9 Å². The Kier molecular flexibility index (Phi) is 4.19. The van der Waals surface area contributed by atoms with Crippen molar-refractivity contribution in [3.63, 3.8) is 0 Å². The third-order valence-corrected chi connectivity index (χ3v) is 4.73. The Morgan fingerprint density at radius 1 is 1.54 bits per heavy atom. The fourth-order valence-corrected chi connectivity index (χ4v) is 3.19. The highest BCUT2D eigenvalue weighted by Crippen LogP contribution is 2.36. The van der Waals surface area contributed by atoms with Gasteiger partial charge in [-0.3, -0.25) is 0 Å². The van der Waals surface area contributed by atoms with Gasteiger partial charge in [-0.1, -0.05) is 22.9 Å². The summed E-state index contributed by atoms with van der Waals surface area (Å²) in [4.78, 5) is 0.319. The van der Waals surface area contributed by atoms with Gasteiger partial charge in [0.2, 0.25) is 10.0 Å². The molecule has 0 aromatic heterocycles. The lowest BCUT2D eigenvalue weighted by atomic mass is 10.3. The summed E-state index contributed by atoms with van der Waals surface area (Å²) in [7, 11) is -3.01. The van der Waals surface area contributed by atoms with Crippen molar-refractivity contribution in [2.24, 2.45) is 5.92 Å². The van der Waals surface area contributed by atoms with Crippen LogP contribution in [0.25, 0.3) is 0 Å². The second-order valence-electron chi connectivity index (χ2n) is 3.52. The topological polar surface area (TPSA) is 46.2 Å². The molecule has 78 valence electrons. The van der Waals surface area contributed by atoms with Gasteiger partial charge < -0.3 is 0 Å². The third kappa shape index (κ3) is 4.42. The Morgan fingerprint density at radius 2 is 2.15 bits per heavy atom. The molecule has 0 amide bonds. The zero-order chi connectivity index (χ0) is 9.90. The fourth-order valence-electron chi connectivity index (χ4n) is 1.17. The first-order valence-corrected chi connectivity index (χ1v) is 7.23. The largest absolute Gasteiger partial charge is 0.214 e. The molecule has 1 N–H and O–H groups in total. The summed E-state index contributed by atoms with van der Waals surface area (Å²) in [5.41, 5.74) is 0. The molecule has 0 heterocycles. The molecule has 0 aliphatic heterocycles. The first kappa shape index (κ1) is 11.5. The maximum absolute atomic E-state index is 11.2. The number of hydrogen-bond acceptors (Lipinski definition) is 2. The summed E-state index contributed by atoms with van der Waals surface area (Å²) < 4.78 is 25.1. The van der Waals surface area contributed by atoms with Crippen molar-refractivity contribution in [1.29, 1.82) is 0 Å². The normalized spacial score (nSPS) is 20.2. The molecule has 0 saturated heterocycles. The van der Waals surface area contributed by atoms with E-state index in [1.165, 1.54) is 12.8 Å². The zero-order valence-electron chi connectivity index (χ0n) is 7.79. The van der Waals surface area contributed by atoms with Gasteiger partial charge in [-0.2, -0.15) is 0 Å². The third-order valence-electron chi connectivity index (χ3n) is 2.10. The molecule has 0 spiro atoms. The fraction of sp³-hybridized carbons (Fsp3) is 1.00. The lowest BCUT2D eigenvalue weighted by Crippen LogP contribution is -2.32. The number of alkyl halides is 1. The van der Waals surface area contributed by atoms with E-state index in [1.54, 1.807) is 0 Å². The van der Waals surface area contributed by atoms with E-state index in [0.29, 0.717) is 23.7 Å². The van der Waals surface area contributed by atoms with Crippen molar-refractivity contribution in [1.82, 2.24) is 4.72 Å². The Balaban J connectivity index is 2.23. The van der Waals surface area contributed by atoms with Gasteiger partial charge in [0, 0.05) is 11.4 Å². The molecule has 5 heteroatoms. The summed E-state index contributed by atoms with van der Waals surface area (Å²) >= 11 is 3.48. The monoisotopic (exact) mass is 269 g/mol. The van der Waals surface area contributed by atoms with E-state index in [4.69, 9.17) is 0 Å². The van der Waals surface area contributed by atoms with Crippen molar-refractivity contribution in [2.75, 3.05) is 12.3 Å². The lowest BCUT2D eigenvalue weighted by Gasteiger charge is -2.09. The minimum absolute atomic E-state index is 0.234. The summed E-state index contributed by atoms with van der Waals surface area (Å²) in [5, 5.41) is 0. The van der Waals surface area contributed by atoms with E-state index in [0.717, 1.165) is 0 Å². The Hall–Kier alpha value is 0.390. The van der Waals surface area contributed by atoms with E-state index in [2.05, 4.69) is 20.7 Å². The second kappa shape index (κ2) is 4.75. The molecule has 1 atom stereocenters. The number of rotatable bonds is 6. The predicted octanol–water partition coefficient (Wildman–Crippen LogP) is 1.49. The maximum atomic E-state index is 11.2. The van der Waals surface area contributed by atoms with Crippen molar-refractivity contribution < 1.29 is 8.42 Å². The highest BCUT2D eigenvalue weighted by molar-refractivity contribution is 9.09. The molecule has 0 aromatic carbocycles. The first-order chi connectivity index (χ1) is 6.05. The standard InChI is InChI=1S/C8H16BrNO2S/c1-2-5-13(11,12)10-6-8(9)7-3-4-7/h7-8,10H,2-6H2,1H3. The Morgan fingerprint density at radius 3 is 2.62 bits per heavy atom. The summed E-state index contributed by atoms with van der Waals surface area (Å²) in [6.45, 7) is 2.40. The second-order valence-corrected chi connectivity index (χ2v) is 6.62. The minimum atomic E-state index is -3.01. The van der Waals surface area contributed by atoms with Crippen molar-refractivity contribution >= 4 is 26.0 Å². The van der Waals surface area contributed by atoms with Crippen LogP contribution < -0.4 is 4.72 Å². The molecule has 1 aliphatic rings. The number of sulfonamides is 1. The number of hydrogen-bond donors (Lipinski definition) is 1. The smallest absolute Gasteiger partial charge is 0.211 e. The quantitative estimate of drug-likeness (QED) is 0.743. The molecule has 1 rings (SSSR count). The van der Waals surface area contributed by atoms with Gasteiger partial charge in [-0.25, -0.2) is 13.1 Å². The molecular weight excluding hydrogens is 254 g/mol.